The number of hydrogen-bond donors (Lipinski definition) is 3. The predicted octanol–water partition coefficient (Wildman–Crippen LogP) is 2.86. The standard InChI is InChI=1S/C20H37N5O/c1-3-21-19(23-12-7-8-14-25-15-13-22-18(25)2)24-17-20(11-16-26)9-5-4-6-10-20/h13,15,26H,3-12,14,16-17H2,1-2H3,(H2,21,23,24). The van der Waals surface area contributed by atoms with E-state index in [4.69, 9.17) is 4.99 Å². The number of unbranched alkanes of at least 4 members (excludes halogenated alkanes) is 1. The summed E-state index contributed by atoms with van der Waals surface area (Å²) in [5.41, 5.74) is 0.203. The van der Waals surface area contributed by atoms with Crippen molar-refractivity contribution >= 4 is 5.96 Å². The zero-order chi connectivity index (χ0) is 18.7. The highest BCUT2D eigenvalue weighted by atomic mass is 16.3. The molecule has 0 spiro atoms. The van der Waals surface area contributed by atoms with Gasteiger partial charge in [-0.3, -0.25) is 4.99 Å². The van der Waals surface area contributed by atoms with Crippen LogP contribution in [0, 0.1) is 12.3 Å². The number of rotatable bonds is 10. The van der Waals surface area contributed by atoms with Crippen LogP contribution in [-0.2, 0) is 6.54 Å². The van der Waals surface area contributed by atoms with Gasteiger partial charge in [-0.1, -0.05) is 19.3 Å². The first-order chi connectivity index (χ1) is 12.7. The lowest BCUT2D eigenvalue weighted by molar-refractivity contribution is 0.137. The summed E-state index contributed by atoms with van der Waals surface area (Å²) < 4.78 is 2.20. The van der Waals surface area contributed by atoms with Crippen molar-refractivity contribution in [3.63, 3.8) is 0 Å². The quantitative estimate of drug-likeness (QED) is 0.339. The van der Waals surface area contributed by atoms with E-state index in [-0.39, 0.29) is 12.0 Å². The number of guanidine groups is 1. The summed E-state index contributed by atoms with van der Waals surface area (Å²) in [5.74, 6) is 1.99. The van der Waals surface area contributed by atoms with Crippen LogP contribution in [0.25, 0.3) is 0 Å². The molecular formula is C20H37N5O. The van der Waals surface area contributed by atoms with Gasteiger partial charge < -0.3 is 20.3 Å². The molecule has 3 N–H and O–H groups in total. The first-order valence-corrected chi connectivity index (χ1v) is 10.3. The van der Waals surface area contributed by atoms with Crippen molar-refractivity contribution in [1.29, 1.82) is 0 Å². The Labute approximate surface area is 158 Å². The fraction of sp³-hybridized carbons (Fsp3) is 0.800. The molecule has 1 aromatic heterocycles. The molecule has 1 aliphatic rings. The van der Waals surface area contributed by atoms with E-state index in [1.807, 2.05) is 19.3 Å². The number of aliphatic hydroxyl groups is 1. The van der Waals surface area contributed by atoms with Gasteiger partial charge in [0, 0.05) is 45.2 Å². The molecule has 0 amide bonds. The van der Waals surface area contributed by atoms with Crippen LogP contribution in [0.5, 0.6) is 0 Å². The summed E-state index contributed by atoms with van der Waals surface area (Å²) in [5, 5.41) is 16.3. The van der Waals surface area contributed by atoms with Crippen LogP contribution < -0.4 is 10.6 Å². The van der Waals surface area contributed by atoms with Crippen LogP contribution in [0.2, 0.25) is 0 Å². The number of aliphatic hydroxyl groups excluding tert-OH is 1. The van der Waals surface area contributed by atoms with Crippen molar-refractivity contribution in [2.45, 2.75) is 71.8 Å². The van der Waals surface area contributed by atoms with Gasteiger partial charge in [-0.05, 0) is 51.4 Å². The predicted molar refractivity (Wildman–Crippen MR) is 107 cm³/mol. The van der Waals surface area contributed by atoms with Gasteiger partial charge in [-0.2, -0.15) is 0 Å². The maximum atomic E-state index is 9.46. The lowest BCUT2D eigenvalue weighted by atomic mass is 9.72. The molecule has 0 aromatic carbocycles. The van der Waals surface area contributed by atoms with Crippen LogP contribution >= 0.6 is 0 Å². The van der Waals surface area contributed by atoms with Crippen LogP contribution in [0.3, 0.4) is 0 Å². The van der Waals surface area contributed by atoms with Crippen molar-refractivity contribution in [3.05, 3.63) is 18.2 Å². The summed E-state index contributed by atoms with van der Waals surface area (Å²) in [6.07, 6.45) is 13.3. The maximum Gasteiger partial charge on any atom is 0.191 e. The molecule has 2 rings (SSSR count). The van der Waals surface area contributed by atoms with Crippen molar-refractivity contribution in [2.24, 2.45) is 10.4 Å². The molecule has 1 aromatic rings. The van der Waals surface area contributed by atoms with Crippen molar-refractivity contribution < 1.29 is 5.11 Å². The Morgan fingerprint density at radius 2 is 2.08 bits per heavy atom. The van der Waals surface area contributed by atoms with E-state index in [9.17, 15) is 5.11 Å². The molecule has 148 valence electrons. The molecule has 1 heterocycles. The summed E-state index contributed by atoms with van der Waals surface area (Å²) in [6, 6.07) is 0. The van der Waals surface area contributed by atoms with E-state index in [2.05, 4.69) is 27.1 Å². The molecule has 0 aliphatic heterocycles. The molecule has 6 heteroatoms. The molecular weight excluding hydrogens is 326 g/mol. The minimum absolute atomic E-state index is 0.203. The number of aromatic nitrogens is 2. The van der Waals surface area contributed by atoms with E-state index < -0.39 is 0 Å². The van der Waals surface area contributed by atoms with Gasteiger partial charge in [0.1, 0.15) is 5.82 Å². The maximum absolute atomic E-state index is 9.46. The van der Waals surface area contributed by atoms with E-state index in [0.29, 0.717) is 0 Å². The topological polar surface area (TPSA) is 74.5 Å². The van der Waals surface area contributed by atoms with Crippen molar-refractivity contribution in [2.75, 3.05) is 26.2 Å². The summed E-state index contributed by atoms with van der Waals surface area (Å²) in [7, 11) is 0. The highest BCUT2D eigenvalue weighted by molar-refractivity contribution is 5.79. The molecule has 0 atom stereocenters. The Morgan fingerprint density at radius 3 is 2.73 bits per heavy atom. The third-order valence-corrected chi connectivity index (χ3v) is 5.52. The van der Waals surface area contributed by atoms with E-state index in [1.54, 1.807) is 0 Å². The number of hydrogen-bond acceptors (Lipinski definition) is 3. The van der Waals surface area contributed by atoms with Gasteiger partial charge in [0.2, 0.25) is 0 Å². The molecule has 0 radical (unpaired) electrons. The third kappa shape index (κ3) is 6.63. The summed E-state index contributed by atoms with van der Waals surface area (Å²) >= 11 is 0. The number of imidazole rings is 1. The van der Waals surface area contributed by atoms with Crippen molar-refractivity contribution in [3.8, 4) is 0 Å². The average molecular weight is 364 g/mol. The van der Waals surface area contributed by atoms with Gasteiger partial charge in [0.05, 0.1) is 0 Å². The Hall–Kier alpha value is -1.56. The molecule has 26 heavy (non-hydrogen) atoms. The van der Waals surface area contributed by atoms with Gasteiger partial charge >= 0.3 is 0 Å². The summed E-state index contributed by atoms with van der Waals surface area (Å²) in [6.45, 7) is 8.04. The van der Waals surface area contributed by atoms with Crippen LogP contribution in [-0.4, -0.2) is 46.9 Å². The van der Waals surface area contributed by atoms with Crippen LogP contribution in [0.1, 0.15) is 64.1 Å². The van der Waals surface area contributed by atoms with E-state index >= 15 is 0 Å². The Balaban J connectivity index is 1.77. The number of nitrogens with one attached hydrogen (secondary N) is 2. The minimum atomic E-state index is 0.203. The van der Waals surface area contributed by atoms with Crippen molar-refractivity contribution in [1.82, 2.24) is 20.2 Å². The zero-order valence-corrected chi connectivity index (χ0v) is 16.6. The molecule has 1 fully saturated rings. The normalized spacial score (nSPS) is 17.3. The smallest absolute Gasteiger partial charge is 0.191 e. The SMILES string of the molecule is CCNC(=NCC1(CCO)CCCCC1)NCCCCn1ccnc1C. The number of nitrogens with zero attached hydrogens (tertiary/aromatic N) is 3. The van der Waals surface area contributed by atoms with Gasteiger partial charge in [-0.15, -0.1) is 0 Å². The average Bonchev–Trinajstić information content (AvgIpc) is 3.05. The first kappa shape index (κ1) is 20.7. The number of aliphatic imine (C=N–C) groups is 1. The van der Waals surface area contributed by atoms with Gasteiger partial charge in [0.25, 0.3) is 0 Å². The Bertz CT molecular complexity index is 529. The first-order valence-electron chi connectivity index (χ1n) is 10.3. The molecule has 1 aliphatic carbocycles. The third-order valence-electron chi connectivity index (χ3n) is 5.52. The second-order valence-corrected chi connectivity index (χ2v) is 7.53. The van der Waals surface area contributed by atoms with Gasteiger partial charge in [-0.25, -0.2) is 4.98 Å². The highest BCUT2D eigenvalue weighted by Gasteiger charge is 2.31. The van der Waals surface area contributed by atoms with Crippen LogP contribution in [0.4, 0.5) is 0 Å². The molecule has 0 saturated heterocycles. The second kappa shape index (κ2) is 11.2. The lowest BCUT2D eigenvalue weighted by Crippen LogP contribution is -2.39. The van der Waals surface area contributed by atoms with E-state index in [0.717, 1.165) is 57.2 Å². The molecule has 0 unspecified atom stereocenters. The van der Waals surface area contributed by atoms with Crippen LogP contribution in [0.15, 0.2) is 17.4 Å². The number of aryl methyl sites for hydroxylation is 2. The fourth-order valence-corrected chi connectivity index (χ4v) is 3.87. The fourth-order valence-electron chi connectivity index (χ4n) is 3.87. The lowest BCUT2D eigenvalue weighted by Gasteiger charge is -2.35. The Morgan fingerprint density at radius 1 is 1.27 bits per heavy atom. The molecule has 1 saturated carbocycles. The minimum Gasteiger partial charge on any atom is -0.396 e. The largest absolute Gasteiger partial charge is 0.396 e. The zero-order valence-electron chi connectivity index (χ0n) is 16.6. The van der Waals surface area contributed by atoms with E-state index in [1.165, 1.54) is 32.1 Å². The second-order valence-electron chi connectivity index (χ2n) is 7.53. The Kier molecular flexibility index (Phi) is 8.95. The highest BCUT2D eigenvalue weighted by Crippen LogP contribution is 2.39. The van der Waals surface area contributed by atoms with Gasteiger partial charge in [0.15, 0.2) is 5.96 Å². The molecule has 0 bridgehead atoms. The summed E-state index contributed by atoms with van der Waals surface area (Å²) in [4.78, 5) is 9.12. The monoisotopic (exact) mass is 363 g/mol. The molecule has 6 nitrogen and oxygen atoms in total.